The first kappa shape index (κ1) is 20.1. The SMILES string of the molecule is CC(C)(C)C(Cn1ccnc1)OC(=O)NS(=O)(=O)Oc1ccccc1Cl. The molecule has 0 saturated carbocycles. The number of imidazole rings is 1. The highest BCUT2D eigenvalue weighted by Gasteiger charge is 2.30. The molecular formula is C16H20ClN3O5S. The van der Waals surface area contributed by atoms with E-state index in [9.17, 15) is 13.2 Å². The molecule has 10 heteroatoms. The second-order valence-electron chi connectivity index (χ2n) is 6.59. The zero-order chi connectivity index (χ0) is 19.4. The van der Waals surface area contributed by atoms with Crippen molar-refractivity contribution < 1.29 is 22.1 Å². The largest absolute Gasteiger partial charge is 0.443 e. The molecule has 0 aliphatic heterocycles. The monoisotopic (exact) mass is 401 g/mol. The Balaban J connectivity index is 2.03. The lowest BCUT2D eigenvalue weighted by Gasteiger charge is -2.30. The van der Waals surface area contributed by atoms with Crippen molar-refractivity contribution in [1.29, 1.82) is 0 Å². The van der Waals surface area contributed by atoms with Crippen molar-refractivity contribution in [3.8, 4) is 5.75 Å². The van der Waals surface area contributed by atoms with Crippen molar-refractivity contribution in [2.45, 2.75) is 33.4 Å². The Morgan fingerprint density at radius 3 is 2.62 bits per heavy atom. The molecule has 26 heavy (non-hydrogen) atoms. The Kier molecular flexibility index (Phi) is 6.14. The van der Waals surface area contributed by atoms with Crippen LogP contribution in [0.1, 0.15) is 20.8 Å². The van der Waals surface area contributed by atoms with E-state index < -0.39 is 27.9 Å². The minimum absolute atomic E-state index is 0.0962. The van der Waals surface area contributed by atoms with Crippen LogP contribution in [-0.2, 0) is 21.6 Å². The maximum Gasteiger partial charge on any atom is 0.423 e. The van der Waals surface area contributed by atoms with Crippen LogP contribution in [0.15, 0.2) is 43.0 Å². The van der Waals surface area contributed by atoms with E-state index in [1.165, 1.54) is 12.1 Å². The van der Waals surface area contributed by atoms with Gasteiger partial charge in [0, 0.05) is 17.8 Å². The molecular weight excluding hydrogens is 382 g/mol. The van der Waals surface area contributed by atoms with E-state index in [0.29, 0.717) is 6.54 Å². The van der Waals surface area contributed by atoms with E-state index in [-0.39, 0.29) is 10.8 Å². The number of nitrogens with one attached hydrogen (secondary N) is 1. The van der Waals surface area contributed by atoms with Crippen molar-refractivity contribution >= 4 is 28.0 Å². The van der Waals surface area contributed by atoms with Crippen molar-refractivity contribution in [1.82, 2.24) is 14.3 Å². The van der Waals surface area contributed by atoms with Crippen molar-refractivity contribution in [3.05, 3.63) is 48.0 Å². The molecule has 2 rings (SSSR count). The molecule has 142 valence electrons. The number of para-hydroxylation sites is 1. The zero-order valence-corrected chi connectivity index (χ0v) is 16.1. The van der Waals surface area contributed by atoms with E-state index in [1.54, 1.807) is 40.1 Å². The molecule has 1 aromatic carbocycles. The average Bonchev–Trinajstić information content (AvgIpc) is 3.00. The molecule has 0 aliphatic carbocycles. The number of aromatic nitrogens is 2. The highest BCUT2D eigenvalue weighted by molar-refractivity contribution is 7.85. The van der Waals surface area contributed by atoms with E-state index in [2.05, 4.69) is 4.98 Å². The molecule has 2 aromatic rings. The van der Waals surface area contributed by atoms with Crippen LogP contribution >= 0.6 is 11.6 Å². The van der Waals surface area contributed by atoms with Gasteiger partial charge in [-0.3, -0.25) is 0 Å². The number of amides is 1. The first-order valence-electron chi connectivity index (χ1n) is 7.70. The number of hydrogen-bond donors (Lipinski definition) is 1. The second-order valence-corrected chi connectivity index (χ2v) is 8.28. The summed E-state index contributed by atoms with van der Waals surface area (Å²) in [6.45, 7) is 5.94. The second kappa shape index (κ2) is 7.96. The normalized spacial score (nSPS) is 13.1. The van der Waals surface area contributed by atoms with Crippen LogP contribution in [0.3, 0.4) is 0 Å². The van der Waals surface area contributed by atoms with Gasteiger partial charge in [-0.05, 0) is 12.1 Å². The van der Waals surface area contributed by atoms with Crippen molar-refractivity contribution in [2.24, 2.45) is 5.41 Å². The number of halogens is 1. The molecule has 1 aromatic heterocycles. The van der Waals surface area contributed by atoms with Crippen LogP contribution in [0.5, 0.6) is 5.75 Å². The van der Waals surface area contributed by atoms with Gasteiger partial charge in [0.1, 0.15) is 6.10 Å². The summed E-state index contributed by atoms with van der Waals surface area (Å²) in [6, 6.07) is 6.00. The maximum absolute atomic E-state index is 12.1. The summed E-state index contributed by atoms with van der Waals surface area (Å²) in [5.74, 6) is -0.0970. The minimum Gasteiger partial charge on any atom is -0.443 e. The predicted octanol–water partition coefficient (Wildman–Crippen LogP) is 3.00. The molecule has 0 spiro atoms. The zero-order valence-electron chi connectivity index (χ0n) is 14.5. The van der Waals surface area contributed by atoms with Gasteiger partial charge in [0.25, 0.3) is 0 Å². The summed E-state index contributed by atoms with van der Waals surface area (Å²) in [5.41, 5.74) is -0.436. The molecule has 0 fully saturated rings. The van der Waals surface area contributed by atoms with Gasteiger partial charge in [-0.15, -0.1) is 0 Å². The van der Waals surface area contributed by atoms with E-state index in [4.69, 9.17) is 20.5 Å². The molecule has 1 amide bonds. The molecule has 0 saturated heterocycles. The van der Waals surface area contributed by atoms with Gasteiger partial charge >= 0.3 is 16.4 Å². The highest BCUT2D eigenvalue weighted by Crippen LogP contribution is 2.25. The summed E-state index contributed by atoms with van der Waals surface area (Å²) in [4.78, 5) is 16.0. The number of carbonyl (C=O) groups excluding carboxylic acids is 1. The molecule has 0 radical (unpaired) electrons. The Bertz CT molecular complexity index is 847. The molecule has 1 unspecified atom stereocenters. The lowest BCUT2D eigenvalue weighted by molar-refractivity contribution is 0.0232. The number of benzene rings is 1. The topological polar surface area (TPSA) is 99.5 Å². The lowest BCUT2D eigenvalue weighted by atomic mass is 9.89. The molecule has 1 heterocycles. The minimum atomic E-state index is -4.44. The molecule has 8 nitrogen and oxygen atoms in total. The maximum atomic E-state index is 12.1. The third-order valence-corrected chi connectivity index (χ3v) is 4.52. The summed E-state index contributed by atoms with van der Waals surface area (Å²) in [5, 5.41) is 0.0962. The molecule has 0 bridgehead atoms. The first-order valence-corrected chi connectivity index (χ1v) is 9.48. The molecule has 1 N–H and O–H groups in total. The van der Waals surface area contributed by atoms with Crippen molar-refractivity contribution in [3.63, 3.8) is 0 Å². The van der Waals surface area contributed by atoms with E-state index in [1.807, 2.05) is 20.8 Å². The Morgan fingerprint density at radius 2 is 2.04 bits per heavy atom. The fourth-order valence-electron chi connectivity index (χ4n) is 1.98. The highest BCUT2D eigenvalue weighted by atomic mass is 35.5. The standard InChI is InChI=1S/C16H20ClN3O5S/c1-16(2,3)14(10-20-9-8-18-11-20)24-15(21)19-26(22,23)25-13-7-5-4-6-12(13)17/h4-9,11,14H,10H2,1-3H3,(H,19,21). The van der Waals surface area contributed by atoms with E-state index >= 15 is 0 Å². The number of carbonyl (C=O) groups is 1. The van der Waals surface area contributed by atoms with Crippen LogP contribution < -0.4 is 8.91 Å². The number of rotatable bonds is 6. The molecule has 1 atom stereocenters. The average molecular weight is 402 g/mol. The summed E-state index contributed by atoms with van der Waals surface area (Å²) >= 11 is 5.85. The predicted molar refractivity (Wildman–Crippen MR) is 96.1 cm³/mol. The van der Waals surface area contributed by atoms with Gasteiger partial charge in [-0.25, -0.2) is 9.78 Å². The van der Waals surface area contributed by atoms with Gasteiger partial charge < -0.3 is 13.5 Å². The van der Waals surface area contributed by atoms with Crippen LogP contribution in [0, 0.1) is 5.41 Å². The van der Waals surface area contributed by atoms with Gasteiger partial charge in [0.2, 0.25) is 0 Å². The fraction of sp³-hybridized carbons (Fsp3) is 0.375. The fourth-order valence-corrected chi connectivity index (χ4v) is 2.88. The van der Waals surface area contributed by atoms with Gasteiger partial charge in [0.15, 0.2) is 5.75 Å². The lowest BCUT2D eigenvalue weighted by Crippen LogP contribution is -2.41. The summed E-state index contributed by atoms with van der Waals surface area (Å²) < 4.78 is 37.5. The summed E-state index contributed by atoms with van der Waals surface area (Å²) in [6.07, 6.45) is 3.15. The van der Waals surface area contributed by atoms with Gasteiger partial charge in [0.05, 0.1) is 17.9 Å². The quantitative estimate of drug-likeness (QED) is 0.798. The van der Waals surface area contributed by atoms with Crippen LogP contribution in [0.2, 0.25) is 5.02 Å². The summed E-state index contributed by atoms with van der Waals surface area (Å²) in [7, 11) is -4.44. The van der Waals surface area contributed by atoms with Gasteiger partial charge in [-0.1, -0.05) is 44.5 Å². The third-order valence-electron chi connectivity index (χ3n) is 3.40. The Hall–Kier alpha value is -2.26. The smallest absolute Gasteiger partial charge is 0.423 e. The Labute approximate surface area is 157 Å². The first-order chi connectivity index (χ1) is 12.1. The van der Waals surface area contributed by atoms with Gasteiger partial charge in [-0.2, -0.15) is 13.1 Å². The van der Waals surface area contributed by atoms with Crippen LogP contribution in [0.4, 0.5) is 4.79 Å². The third kappa shape index (κ3) is 5.92. The van der Waals surface area contributed by atoms with E-state index in [0.717, 1.165) is 0 Å². The molecule has 0 aliphatic rings. The number of ether oxygens (including phenoxy) is 1. The number of hydrogen-bond acceptors (Lipinski definition) is 6. The van der Waals surface area contributed by atoms with Crippen molar-refractivity contribution in [2.75, 3.05) is 0 Å². The van der Waals surface area contributed by atoms with Crippen LogP contribution in [0.25, 0.3) is 0 Å². The number of nitrogens with zero attached hydrogens (tertiary/aromatic N) is 2. The van der Waals surface area contributed by atoms with Crippen LogP contribution in [-0.4, -0.2) is 30.2 Å². The Morgan fingerprint density at radius 1 is 1.35 bits per heavy atom.